The Bertz CT molecular complexity index is 514. The maximum absolute atomic E-state index is 9.30. The summed E-state index contributed by atoms with van der Waals surface area (Å²) in [7, 11) is 0. The van der Waals surface area contributed by atoms with Crippen LogP contribution in [-0.4, -0.2) is 50.5 Å². The average Bonchev–Trinajstić information content (AvgIpc) is 3.04. The summed E-state index contributed by atoms with van der Waals surface area (Å²) in [6.07, 6.45) is 2.61. The molecule has 0 radical (unpaired) electrons. The summed E-state index contributed by atoms with van der Waals surface area (Å²) in [6.45, 7) is 5.96. The van der Waals surface area contributed by atoms with E-state index in [-0.39, 0.29) is 12.0 Å². The van der Waals surface area contributed by atoms with Crippen molar-refractivity contribution < 1.29 is 9.84 Å². The first-order valence-corrected chi connectivity index (χ1v) is 9.00. The largest absolute Gasteiger partial charge is 0.396 e. The molecule has 1 saturated heterocycles. The van der Waals surface area contributed by atoms with Gasteiger partial charge in [-0.05, 0) is 43.9 Å². The normalized spacial score (nSPS) is 21.0. The van der Waals surface area contributed by atoms with Crippen molar-refractivity contribution in [3.8, 4) is 0 Å². The molecule has 1 fully saturated rings. The number of aliphatic imine (C=N–C) groups is 1. The smallest absolute Gasteiger partial charge is 0.191 e. The summed E-state index contributed by atoms with van der Waals surface area (Å²) in [5.41, 5.74) is 1.22. The molecular formula is C18H28ClN3O2. The lowest BCUT2D eigenvalue weighted by Gasteiger charge is -2.24. The third kappa shape index (κ3) is 5.96. The maximum Gasteiger partial charge on any atom is 0.191 e. The molecule has 1 heterocycles. The Labute approximate surface area is 149 Å². The molecule has 24 heavy (non-hydrogen) atoms. The molecule has 3 N–H and O–H groups in total. The molecule has 0 amide bonds. The van der Waals surface area contributed by atoms with Crippen LogP contribution in [0.25, 0.3) is 0 Å². The van der Waals surface area contributed by atoms with Crippen LogP contribution in [0.4, 0.5) is 0 Å². The van der Waals surface area contributed by atoms with Crippen LogP contribution in [0.15, 0.2) is 29.3 Å². The van der Waals surface area contributed by atoms with Gasteiger partial charge in [0.25, 0.3) is 0 Å². The fraction of sp³-hybridized carbons (Fsp3) is 0.611. The maximum atomic E-state index is 9.30. The molecule has 0 bridgehead atoms. The minimum absolute atomic E-state index is 0.0206. The van der Waals surface area contributed by atoms with E-state index >= 15 is 0 Å². The lowest BCUT2D eigenvalue weighted by Crippen LogP contribution is -2.39. The molecule has 2 rings (SSSR count). The van der Waals surface area contributed by atoms with Crippen LogP contribution in [0.5, 0.6) is 0 Å². The molecule has 6 heteroatoms. The van der Waals surface area contributed by atoms with Crippen LogP contribution in [0.2, 0.25) is 5.02 Å². The van der Waals surface area contributed by atoms with Crippen LogP contribution in [0.1, 0.15) is 25.3 Å². The molecule has 1 atom stereocenters. The molecule has 0 saturated carbocycles. The van der Waals surface area contributed by atoms with Gasteiger partial charge in [-0.3, -0.25) is 4.99 Å². The molecule has 1 aliphatic rings. The van der Waals surface area contributed by atoms with Crippen molar-refractivity contribution in [2.24, 2.45) is 10.4 Å². The molecule has 1 unspecified atom stereocenters. The van der Waals surface area contributed by atoms with E-state index < -0.39 is 0 Å². The summed E-state index contributed by atoms with van der Waals surface area (Å²) in [4.78, 5) is 4.71. The zero-order chi connectivity index (χ0) is 17.3. The fourth-order valence-corrected chi connectivity index (χ4v) is 2.98. The van der Waals surface area contributed by atoms with E-state index in [2.05, 4.69) is 17.6 Å². The van der Waals surface area contributed by atoms with Crippen LogP contribution in [-0.2, 0) is 11.2 Å². The predicted octanol–water partition coefficient (Wildman–Crippen LogP) is 2.23. The van der Waals surface area contributed by atoms with Gasteiger partial charge in [-0.25, -0.2) is 0 Å². The van der Waals surface area contributed by atoms with E-state index in [4.69, 9.17) is 21.3 Å². The van der Waals surface area contributed by atoms with Gasteiger partial charge in [0.1, 0.15) is 0 Å². The van der Waals surface area contributed by atoms with Gasteiger partial charge in [0.05, 0.1) is 13.2 Å². The minimum atomic E-state index is -0.0206. The second-order valence-corrected chi connectivity index (χ2v) is 6.71. The predicted molar refractivity (Wildman–Crippen MR) is 98.7 cm³/mol. The third-order valence-electron chi connectivity index (χ3n) is 4.36. The number of nitrogens with zero attached hydrogens (tertiary/aromatic N) is 1. The first-order chi connectivity index (χ1) is 11.7. The van der Waals surface area contributed by atoms with Crippen LogP contribution in [0.3, 0.4) is 0 Å². The summed E-state index contributed by atoms with van der Waals surface area (Å²) < 4.78 is 5.52. The Kier molecular flexibility index (Phi) is 7.82. The summed E-state index contributed by atoms with van der Waals surface area (Å²) >= 11 is 5.91. The van der Waals surface area contributed by atoms with Crippen LogP contribution in [0, 0.1) is 5.41 Å². The molecule has 134 valence electrons. The summed E-state index contributed by atoms with van der Waals surface area (Å²) in [5.74, 6) is 0.815. The van der Waals surface area contributed by atoms with Crippen molar-refractivity contribution >= 4 is 17.6 Å². The van der Waals surface area contributed by atoms with E-state index in [1.807, 2.05) is 24.3 Å². The van der Waals surface area contributed by atoms with E-state index in [0.29, 0.717) is 13.2 Å². The average molecular weight is 354 g/mol. The number of halogens is 1. The van der Waals surface area contributed by atoms with Gasteiger partial charge in [0.15, 0.2) is 5.96 Å². The van der Waals surface area contributed by atoms with Gasteiger partial charge in [0, 0.05) is 36.7 Å². The van der Waals surface area contributed by atoms with E-state index in [9.17, 15) is 5.11 Å². The van der Waals surface area contributed by atoms with Crippen molar-refractivity contribution in [1.29, 1.82) is 0 Å². The Morgan fingerprint density at radius 2 is 2.12 bits per heavy atom. The Morgan fingerprint density at radius 1 is 1.33 bits per heavy atom. The number of aliphatic hydroxyl groups excluding tert-OH is 1. The number of nitrogens with one attached hydrogen (secondary N) is 2. The quantitative estimate of drug-likeness (QED) is 0.495. The van der Waals surface area contributed by atoms with E-state index in [0.717, 1.165) is 49.9 Å². The van der Waals surface area contributed by atoms with E-state index in [1.54, 1.807) is 0 Å². The molecule has 1 aromatic rings. The van der Waals surface area contributed by atoms with Gasteiger partial charge < -0.3 is 20.5 Å². The third-order valence-corrected chi connectivity index (χ3v) is 4.62. The lowest BCUT2D eigenvalue weighted by molar-refractivity contribution is 0.131. The molecule has 5 nitrogen and oxygen atoms in total. The molecule has 0 spiro atoms. The van der Waals surface area contributed by atoms with Crippen LogP contribution >= 0.6 is 11.6 Å². The highest BCUT2D eigenvalue weighted by Gasteiger charge is 2.34. The zero-order valence-electron chi connectivity index (χ0n) is 14.4. The van der Waals surface area contributed by atoms with Crippen molar-refractivity contribution in [3.63, 3.8) is 0 Å². The summed E-state index contributed by atoms with van der Waals surface area (Å²) in [5, 5.41) is 16.7. The van der Waals surface area contributed by atoms with Crippen molar-refractivity contribution in [2.45, 2.75) is 26.2 Å². The standard InChI is InChI=1S/C18H28ClN3O2/c1-2-20-17(21-10-7-15-3-5-16(19)6-4-15)22-13-18(8-11-23)9-12-24-14-18/h3-6,23H,2,7-14H2,1H3,(H2,20,21,22). The molecule has 1 aromatic carbocycles. The first kappa shape index (κ1) is 19.0. The zero-order valence-corrected chi connectivity index (χ0v) is 15.1. The molecule has 0 aromatic heterocycles. The van der Waals surface area contributed by atoms with E-state index in [1.165, 1.54) is 5.56 Å². The number of ether oxygens (including phenoxy) is 1. The second-order valence-electron chi connectivity index (χ2n) is 6.27. The Hall–Kier alpha value is -1.30. The Balaban J connectivity index is 1.86. The van der Waals surface area contributed by atoms with Crippen molar-refractivity contribution in [1.82, 2.24) is 10.6 Å². The number of hydrogen-bond donors (Lipinski definition) is 3. The van der Waals surface area contributed by atoms with Gasteiger partial charge >= 0.3 is 0 Å². The fourth-order valence-electron chi connectivity index (χ4n) is 2.85. The van der Waals surface area contributed by atoms with Gasteiger partial charge in [-0.1, -0.05) is 23.7 Å². The van der Waals surface area contributed by atoms with Crippen molar-refractivity contribution in [2.75, 3.05) is 39.5 Å². The number of hydrogen-bond acceptors (Lipinski definition) is 3. The first-order valence-electron chi connectivity index (χ1n) is 8.63. The number of benzene rings is 1. The molecule has 0 aliphatic carbocycles. The number of guanidine groups is 1. The Morgan fingerprint density at radius 3 is 2.75 bits per heavy atom. The van der Waals surface area contributed by atoms with Crippen molar-refractivity contribution in [3.05, 3.63) is 34.9 Å². The highest BCUT2D eigenvalue weighted by atomic mass is 35.5. The van der Waals surface area contributed by atoms with Gasteiger partial charge in [-0.2, -0.15) is 0 Å². The van der Waals surface area contributed by atoms with Crippen LogP contribution < -0.4 is 10.6 Å². The highest BCUT2D eigenvalue weighted by molar-refractivity contribution is 6.30. The second kappa shape index (κ2) is 9.87. The minimum Gasteiger partial charge on any atom is -0.396 e. The molecular weight excluding hydrogens is 326 g/mol. The van der Waals surface area contributed by atoms with Gasteiger partial charge in [0.2, 0.25) is 0 Å². The SMILES string of the molecule is CCNC(=NCC1(CCO)CCOC1)NCCc1ccc(Cl)cc1. The summed E-state index contributed by atoms with van der Waals surface area (Å²) in [6, 6.07) is 7.91. The van der Waals surface area contributed by atoms with Gasteiger partial charge in [-0.15, -0.1) is 0 Å². The number of aliphatic hydroxyl groups is 1. The molecule has 1 aliphatic heterocycles. The highest BCUT2D eigenvalue weighted by Crippen LogP contribution is 2.32. The number of rotatable bonds is 8. The topological polar surface area (TPSA) is 65.9 Å². The lowest BCUT2D eigenvalue weighted by atomic mass is 9.84. The monoisotopic (exact) mass is 353 g/mol.